The van der Waals surface area contributed by atoms with Gasteiger partial charge in [0, 0.05) is 25.8 Å². The van der Waals surface area contributed by atoms with Crippen LogP contribution in [0.25, 0.3) is 0 Å². The molecule has 0 unspecified atom stereocenters. The lowest BCUT2D eigenvalue weighted by molar-refractivity contribution is -0.175. The molecule has 1 amide bonds. The maximum absolute atomic E-state index is 11.9. The minimum absolute atomic E-state index is 0.207. The Morgan fingerprint density at radius 1 is 1.38 bits per heavy atom. The highest BCUT2D eigenvalue weighted by Crippen LogP contribution is 2.21. The van der Waals surface area contributed by atoms with Crippen LogP contribution in [0.5, 0.6) is 0 Å². The van der Waals surface area contributed by atoms with Crippen molar-refractivity contribution in [1.82, 2.24) is 10.3 Å². The fourth-order valence-corrected chi connectivity index (χ4v) is 2.46. The van der Waals surface area contributed by atoms with E-state index < -0.39 is 25.3 Å². The van der Waals surface area contributed by atoms with Gasteiger partial charge in [0.05, 0.1) is 0 Å². The molecule has 134 valence electrons. The van der Waals surface area contributed by atoms with Gasteiger partial charge in [0.15, 0.2) is 0 Å². The molecule has 1 aliphatic rings. The number of anilines is 1. The summed E-state index contributed by atoms with van der Waals surface area (Å²) in [4.78, 5) is 18.0. The lowest BCUT2D eigenvalue weighted by Crippen LogP contribution is -2.33. The number of alkyl halides is 3. The van der Waals surface area contributed by atoms with Crippen LogP contribution in [0.15, 0.2) is 18.3 Å². The Morgan fingerprint density at radius 3 is 2.67 bits per heavy atom. The van der Waals surface area contributed by atoms with Crippen molar-refractivity contribution in [2.45, 2.75) is 32.5 Å². The normalized spacial score (nSPS) is 16.2. The van der Waals surface area contributed by atoms with Crippen molar-refractivity contribution >= 4 is 11.7 Å². The van der Waals surface area contributed by atoms with Gasteiger partial charge in [0.25, 0.3) is 0 Å². The first-order valence-corrected chi connectivity index (χ1v) is 7.94. The number of ether oxygens (including phenoxy) is 1. The summed E-state index contributed by atoms with van der Waals surface area (Å²) in [6.07, 6.45) is -0.453. The molecule has 2 rings (SSSR count). The number of hydrogen-bond acceptors (Lipinski definition) is 4. The van der Waals surface area contributed by atoms with Crippen molar-refractivity contribution in [3.05, 3.63) is 23.9 Å². The molecule has 1 aromatic rings. The summed E-state index contributed by atoms with van der Waals surface area (Å²) in [5, 5.41) is 2.51. The zero-order valence-electron chi connectivity index (χ0n) is 13.6. The van der Waals surface area contributed by atoms with Gasteiger partial charge in [0.1, 0.15) is 19.0 Å². The zero-order chi connectivity index (χ0) is 17.6. The first-order valence-electron chi connectivity index (χ1n) is 7.94. The molecule has 1 N–H and O–H groups in total. The van der Waals surface area contributed by atoms with Crippen LogP contribution < -0.4 is 10.2 Å². The molecule has 0 saturated carbocycles. The largest absolute Gasteiger partial charge is 0.411 e. The van der Waals surface area contributed by atoms with E-state index in [1.165, 1.54) is 0 Å². The fourth-order valence-electron chi connectivity index (χ4n) is 2.46. The van der Waals surface area contributed by atoms with E-state index in [0.29, 0.717) is 0 Å². The van der Waals surface area contributed by atoms with Gasteiger partial charge in [-0.15, -0.1) is 0 Å². The van der Waals surface area contributed by atoms with E-state index >= 15 is 0 Å². The van der Waals surface area contributed by atoms with Crippen LogP contribution in [0.3, 0.4) is 0 Å². The van der Waals surface area contributed by atoms with E-state index in [0.717, 1.165) is 43.2 Å². The van der Waals surface area contributed by atoms with Crippen LogP contribution >= 0.6 is 0 Å². The Kier molecular flexibility index (Phi) is 6.42. The maximum Gasteiger partial charge on any atom is 0.411 e. The van der Waals surface area contributed by atoms with Crippen molar-refractivity contribution in [3.8, 4) is 0 Å². The fraction of sp³-hybridized carbons (Fsp3) is 0.625. The molecule has 0 spiro atoms. The van der Waals surface area contributed by atoms with E-state index in [4.69, 9.17) is 0 Å². The van der Waals surface area contributed by atoms with Crippen molar-refractivity contribution in [2.24, 2.45) is 5.92 Å². The molecule has 5 nitrogen and oxygen atoms in total. The van der Waals surface area contributed by atoms with Gasteiger partial charge in [-0.05, 0) is 30.4 Å². The number of pyridine rings is 1. The summed E-state index contributed by atoms with van der Waals surface area (Å²) in [6.45, 7) is 2.39. The van der Waals surface area contributed by atoms with Gasteiger partial charge in [-0.3, -0.25) is 4.79 Å². The number of rotatable bonds is 6. The van der Waals surface area contributed by atoms with Crippen molar-refractivity contribution in [2.75, 3.05) is 31.2 Å². The second kappa shape index (κ2) is 8.32. The molecule has 8 heteroatoms. The zero-order valence-corrected chi connectivity index (χ0v) is 13.6. The predicted molar refractivity (Wildman–Crippen MR) is 83.6 cm³/mol. The van der Waals surface area contributed by atoms with Crippen molar-refractivity contribution < 1.29 is 22.7 Å². The van der Waals surface area contributed by atoms with Gasteiger partial charge in [0.2, 0.25) is 5.91 Å². The van der Waals surface area contributed by atoms with Crippen LogP contribution in [-0.4, -0.2) is 43.4 Å². The highest BCUT2D eigenvalue weighted by Gasteiger charge is 2.27. The average molecular weight is 345 g/mol. The Balaban J connectivity index is 1.72. The molecule has 0 bridgehead atoms. The van der Waals surface area contributed by atoms with Gasteiger partial charge in [-0.2, -0.15) is 13.2 Å². The second-order valence-corrected chi connectivity index (χ2v) is 6.08. The Hall–Kier alpha value is -1.83. The predicted octanol–water partition coefficient (Wildman–Crippen LogP) is 2.51. The molecule has 1 fully saturated rings. The smallest absolute Gasteiger partial charge is 0.362 e. The number of carbonyl (C=O) groups excluding carboxylic acids is 1. The molecular formula is C16H22F3N3O2. The van der Waals surface area contributed by atoms with Crippen LogP contribution in [0, 0.1) is 5.92 Å². The summed E-state index contributed by atoms with van der Waals surface area (Å²) in [7, 11) is 0. The third kappa shape index (κ3) is 6.35. The first-order chi connectivity index (χ1) is 11.3. The maximum atomic E-state index is 11.9. The second-order valence-electron chi connectivity index (χ2n) is 6.08. The highest BCUT2D eigenvalue weighted by molar-refractivity contribution is 5.77. The molecule has 0 aromatic carbocycles. The number of carbonyl (C=O) groups is 1. The Labute approximate surface area is 139 Å². The number of amides is 1. The molecule has 1 aromatic heterocycles. The lowest BCUT2D eigenvalue weighted by atomic mass is 9.99. The summed E-state index contributed by atoms with van der Waals surface area (Å²) < 4.78 is 40.0. The van der Waals surface area contributed by atoms with E-state index in [9.17, 15) is 18.0 Å². The quantitative estimate of drug-likeness (QED) is 0.861. The average Bonchev–Trinajstić information content (AvgIpc) is 2.53. The Bertz CT molecular complexity index is 526. The topological polar surface area (TPSA) is 54.5 Å². The molecule has 1 saturated heterocycles. The van der Waals surface area contributed by atoms with Gasteiger partial charge >= 0.3 is 6.18 Å². The highest BCUT2D eigenvalue weighted by atomic mass is 19.4. The standard InChI is InChI=1S/C16H22F3N3O2/c1-12-4-6-22(7-5-12)14-3-2-13(8-20-14)9-21-15(23)10-24-11-16(17,18)19/h2-3,8,12H,4-7,9-11H2,1H3,(H,21,23). The first kappa shape index (κ1) is 18.5. The summed E-state index contributed by atoms with van der Waals surface area (Å²) in [5.41, 5.74) is 0.785. The Morgan fingerprint density at radius 2 is 2.08 bits per heavy atom. The SMILES string of the molecule is CC1CCN(c2ccc(CNC(=O)COCC(F)(F)F)cn2)CC1. The monoisotopic (exact) mass is 345 g/mol. The summed E-state index contributed by atoms with van der Waals surface area (Å²) >= 11 is 0. The number of halogens is 3. The van der Waals surface area contributed by atoms with Crippen LogP contribution in [0.2, 0.25) is 0 Å². The van der Waals surface area contributed by atoms with E-state index in [1.54, 1.807) is 6.20 Å². The molecule has 2 heterocycles. The van der Waals surface area contributed by atoms with Crippen LogP contribution in [0.4, 0.5) is 19.0 Å². The van der Waals surface area contributed by atoms with Crippen LogP contribution in [-0.2, 0) is 16.1 Å². The van der Waals surface area contributed by atoms with Gasteiger partial charge in [-0.25, -0.2) is 4.98 Å². The molecule has 0 radical (unpaired) electrons. The number of piperidine rings is 1. The molecular weight excluding hydrogens is 323 g/mol. The molecule has 1 aliphatic heterocycles. The summed E-state index contributed by atoms with van der Waals surface area (Å²) in [5.74, 6) is 1.06. The number of nitrogens with zero attached hydrogens (tertiary/aromatic N) is 2. The molecule has 0 atom stereocenters. The lowest BCUT2D eigenvalue weighted by Gasteiger charge is -2.31. The number of aromatic nitrogens is 1. The third-order valence-electron chi connectivity index (χ3n) is 3.91. The minimum Gasteiger partial charge on any atom is -0.362 e. The third-order valence-corrected chi connectivity index (χ3v) is 3.91. The number of nitrogens with one attached hydrogen (secondary N) is 1. The van der Waals surface area contributed by atoms with Crippen molar-refractivity contribution in [3.63, 3.8) is 0 Å². The minimum atomic E-state index is -4.42. The van der Waals surface area contributed by atoms with Crippen LogP contribution in [0.1, 0.15) is 25.3 Å². The van der Waals surface area contributed by atoms with E-state index in [-0.39, 0.29) is 6.54 Å². The van der Waals surface area contributed by atoms with Gasteiger partial charge < -0.3 is 15.0 Å². The van der Waals surface area contributed by atoms with Gasteiger partial charge in [-0.1, -0.05) is 13.0 Å². The van der Waals surface area contributed by atoms with E-state index in [1.807, 2.05) is 12.1 Å². The van der Waals surface area contributed by atoms with Crippen molar-refractivity contribution in [1.29, 1.82) is 0 Å². The summed E-state index contributed by atoms with van der Waals surface area (Å²) in [6, 6.07) is 3.76. The molecule has 24 heavy (non-hydrogen) atoms. The number of hydrogen-bond donors (Lipinski definition) is 1. The van der Waals surface area contributed by atoms with E-state index in [2.05, 4.69) is 26.9 Å². The molecule has 0 aliphatic carbocycles.